The Hall–Kier alpha value is -2.12. The van der Waals surface area contributed by atoms with Gasteiger partial charge in [0, 0.05) is 18.9 Å². The Bertz CT molecular complexity index is 783. The maximum Gasteiger partial charge on any atom is 0.341 e. The lowest BCUT2D eigenvalue weighted by Gasteiger charge is -2.13. The molecule has 1 N–H and O–H groups in total. The number of hydrogen-bond acceptors (Lipinski definition) is 6. The highest BCUT2D eigenvalue weighted by atomic mass is 32.1. The molecule has 1 amide bonds. The molecule has 136 valence electrons. The number of nitrogens with zero attached hydrogens (tertiary/aromatic N) is 1. The first-order valence-corrected chi connectivity index (χ1v) is 8.95. The number of amides is 1. The van der Waals surface area contributed by atoms with Crippen molar-refractivity contribution >= 4 is 38.3 Å². The van der Waals surface area contributed by atoms with Crippen LogP contribution in [0.1, 0.15) is 29.8 Å². The van der Waals surface area contributed by atoms with E-state index in [9.17, 15) is 9.59 Å². The standard InChI is InChI=1S/C18H24N2O4S/c1-6-23-18(22)14-13-8-7-11(2)15(24-10-9-20(4)5)16(13)25-17(14)19-12(3)21/h7-8H,6,9-10H2,1-5H3,(H,19,21). The maximum atomic E-state index is 12.4. The number of carbonyl (C=O) groups is 2. The molecule has 6 nitrogen and oxygen atoms in total. The van der Waals surface area contributed by atoms with E-state index in [1.54, 1.807) is 6.92 Å². The topological polar surface area (TPSA) is 67.9 Å². The van der Waals surface area contributed by atoms with Crippen molar-refractivity contribution in [1.29, 1.82) is 0 Å². The predicted molar refractivity (Wildman–Crippen MR) is 101 cm³/mol. The molecule has 1 heterocycles. The summed E-state index contributed by atoms with van der Waals surface area (Å²) >= 11 is 1.33. The Kier molecular flexibility index (Phi) is 6.39. The molecular weight excluding hydrogens is 340 g/mol. The molecule has 0 aliphatic carbocycles. The lowest BCUT2D eigenvalue weighted by molar-refractivity contribution is -0.114. The van der Waals surface area contributed by atoms with Gasteiger partial charge in [0.2, 0.25) is 5.91 Å². The average molecular weight is 364 g/mol. The van der Waals surface area contributed by atoms with Gasteiger partial charge in [0.15, 0.2) is 0 Å². The molecule has 0 fully saturated rings. The van der Waals surface area contributed by atoms with Gasteiger partial charge in [-0.1, -0.05) is 12.1 Å². The molecule has 0 unspecified atom stereocenters. The number of anilines is 1. The quantitative estimate of drug-likeness (QED) is 0.764. The second-order valence-electron chi connectivity index (χ2n) is 5.95. The van der Waals surface area contributed by atoms with Crippen molar-refractivity contribution < 1.29 is 19.1 Å². The number of rotatable bonds is 7. The molecule has 0 saturated carbocycles. The normalized spacial score (nSPS) is 11.0. The van der Waals surface area contributed by atoms with Crippen LogP contribution in [0.25, 0.3) is 10.1 Å². The van der Waals surface area contributed by atoms with E-state index in [0.717, 1.165) is 27.9 Å². The summed E-state index contributed by atoms with van der Waals surface area (Å²) in [7, 11) is 3.96. The van der Waals surface area contributed by atoms with Crippen LogP contribution in [0.2, 0.25) is 0 Å². The van der Waals surface area contributed by atoms with Crippen molar-refractivity contribution in [2.45, 2.75) is 20.8 Å². The minimum Gasteiger partial charge on any atom is -0.490 e. The van der Waals surface area contributed by atoms with E-state index in [1.807, 2.05) is 38.1 Å². The van der Waals surface area contributed by atoms with E-state index in [0.29, 0.717) is 17.2 Å². The fourth-order valence-corrected chi connectivity index (χ4v) is 3.69. The third-order valence-electron chi connectivity index (χ3n) is 3.56. The van der Waals surface area contributed by atoms with Gasteiger partial charge in [-0.2, -0.15) is 0 Å². The van der Waals surface area contributed by atoms with Crippen molar-refractivity contribution in [2.24, 2.45) is 0 Å². The van der Waals surface area contributed by atoms with E-state index in [1.165, 1.54) is 18.3 Å². The Labute approximate surface area is 151 Å². The fourth-order valence-electron chi connectivity index (χ4n) is 2.40. The molecule has 0 saturated heterocycles. The van der Waals surface area contributed by atoms with Crippen LogP contribution >= 0.6 is 11.3 Å². The van der Waals surface area contributed by atoms with Crippen molar-refractivity contribution in [2.75, 3.05) is 39.2 Å². The molecule has 1 aromatic carbocycles. The highest BCUT2D eigenvalue weighted by molar-refractivity contribution is 7.23. The summed E-state index contributed by atoms with van der Waals surface area (Å²) in [6, 6.07) is 3.79. The van der Waals surface area contributed by atoms with Crippen LogP contribution in [0.5, 0.6) is 5.75 Å². The maximum absolute atomic E-state index is 12.4. The summed E-state index contributed by atoms with van der Waals surface area (Å²) < 4.78 is 12.0. The zero-order valence-electron chi connectivity index (χ0n) is 15.3. The highest BCUT2D eigenvalue weighted by Gasteiger charge is 2.23. The van der Waals surface area contributed by atoms with Gasteiger partial charge in [-0.25, -0.2) is 4.79 Å². The van der Waals surface area contributed by atoms with Gasteiger partial charge in [-0.3, -0.25) is 4.79 Å². The molecule has 1 aromatic heterocycles. The Morgan fingerprint density at radius 2 is 2.00 bits per heavy atom. The van der Waals surface area contributed by atoms with Crippen LogP contribution in [0.15, 0.2) is 12.1 Å². The number of carbonyl (C=O) groups excluding carboxylic acids is 2. The lowest BCUT2D eigenvalue weighted by Crippen LogP contribution is -2.19. The number of likely N-dealkylation sites (N-methyl/N-ethyl adjacent to an activating group) is 1. The van der Waals surface area contributed by atoms with Gasteiger partial charge >= 0.3 is 5.97 Å². The molecule has 25 heavy (non-hydrogen) atoms. The third-order valence-corrected chi connectivity index (χ3v) is 4.68. The number of benzene rings is 1. The zero-order chi connectivity index (χ0) is 18.6. The van der Waals surface area contributed by atoms with Crippen LogP contribution in [0.3, 0.4) is 0 Å². The molecule has 0 bridgehead atoms. The van der Waals surface area contributed by atoms with Crippen molar-refractivity contribution in [3.8, 4) is 5.75 Å². The van der Waals surface area contributed by atoms with Crippen molar-refractivity contribution in [3.05, 3.63) is 23.3 Å². The van der Waals surface area contributed by atoms with Crippen molar-refractivity contribution in [1.82, 2.24) is 4.90 Å². The molecule has 2 rings (SSSR count). The SMILES string of the molecule is CCOC(=O)c1c(NC(C)=O)sc2c(OCCN(C)C)c(C)ccc12. The van der Waals surface area contributed by atoms with E-state index < -0.39 is 5.97 Å². The number of ether oxygens (including phenoxy) is 2. The Morgan fingerprint density at radius 1 is 1.28 bits per heavy atom. The number of fused-ring (bicyclic) bond motifs is 1. The van der Waals surface area contributed by atoms with Gasteiger partial charge in [0.25, 0.3) is 0 Å². The third kappa shape index (κ3) is 4.49. The van der Waals surface area contributed by atoms with Gasteiger partial charge in [-0.05, 0) is 33.5 Å². The number of hydrogen-bond donors (Lipinski definition) is 1. The average Bonchev–Trinajstić information content (AvgIpc) is 2.86. The second-order valence-corrected chi connectivity index (χ2v) is 6.97. The summed E-state index contributed by atoms with van der Waals surface area (Å²) in [5.41, 5.74) is 1.37. The minimum absolute atomic E-state index is 0.232. The minimum atomic E-state index is -0.444. The zero-order valence-corrected chi connectivity index (χ0v) is 16.1. The Balaban J connectivity index is 2.53. The Morgan fingerprint density at radius 3 is 2.60 bits per heavy atom. The molecule has 7 heteroatoms. The van der Waals surface area contributed by atoms with Crippen molar-refractivity contribution in [3.63, 3.8) is 0 Å². The summed E-state index contributed by atoms with van der Waals surface area (Å²) in [6.07, 6.45) is 0. The molecule has 0 atom stereocenters. The van der Waals surface area contributed by atoms with E-state index in [4.69, 9.17) is 9.47 Å². The fraction of sp³-hybridized carbons (Fsp3) is 0.444. The summed E-state index contributed by atoms with van der Waals surface area (Å²) in [6.45, 7) is 6.73. The van der Waals surface area contributed by atoms with Gasteiger partial charge in [0.05, 0.1) is 11.3 Å². The second kappa shape index (κ2) is 8.31. The van der Waals surface area contributed by atoms with Crippen LogP contribution in [-0.4, -0.2) is 50.6 Å². The number of aryl methyl sites for hydroxylation is 1. The van der Waals surface area contributed by atoms with Gasteiger partial charge in [0.1, 0.15) is 22.9 Å². The van der Waals surface area contributed by atoms with E-state index >= 15 is 0 Å². The van der Waals surface area contributed by atoms with Crippen LogP contribution in [0.4, 0.5) is 5.00 Å². The number of nitrogens with one attached hydrogen (secondary N) is 1. The van der Waals surface area contributed by atoms with E-state index in [-0.39, 0.29) is 12.5 Å². The molecule has 0 aliphatic rings. The number of esters is 1. The monoisotopic (exact) mass is 364 g/mol. The molecule has 0 spiro atoms. The molecular formula is C18H24N2O4S. The van der Waals surface area contributed by atoms with Crippen LogP contribution in [0, 0.1) is 6.92 Å². The summed E-state index contributed by atoms with van der Waals surface area (Å²) in [5, 5.41) is 3.96. The van der Waals surface area contributed by atoms with E-state index in [2.05, 4.69) is 5.32 Å². The lowest BCUT2D eigenvalue weighted by atomic mass is 10.1. The van der Waals surface area contributed by atoms with Crippen LogP contribution in [-0.2, 0) is 9.53 Å². The van der Waals surface area contributed by atoms with Crippen LogP contribution < -0.4 is 10.1 Å². The largest absolute Gasteiger partial charge is 0.490 e. The molecule has 0 radical (unpaired) electrons. The van der Waals surface area contributed by atoms with Gasteiger partial charge < -0.3 is 19.7 Å². The molecule has 2 aromatic rings. The summed E-state index contributed by atoms with van der Waals surface area (Å²) in [4.78, 5) is 26.0. The first kappa shape index (κ1) is 19.2. The molecule has 0 aliphatic heterocycles. The first-order chi connectivity index (χ1) is 11.8. The van der Waals surface area contributed by atoms with Gasteiger partial charge in [-0.15, -0.1) is 11.3 Å². The first-order valence-electron chi connectivity index (χ1n) is 8.13. The smallest absolute Gasteiger partial charge is 0.341 e. The predicted octanol–water partition coefficient (Wildman–Crippen LogP) is 3.29. The summed E-state index contributed by atoms with van der Waals surface area (Å²) in [5.74, 6) is 0.0657. The number of thiophene rings is 1. The highest BCUT2D eigenvalue weighted by Crippen LogP contribution is 2.42.